The lowest BCUT2D eigenvalue weighted by molar-refractivity contribution is 0.227. The molecular weight excluding hydrogens is 492 g/mol. The van der Waals surface area contributed by atoms with Crippen LogP contribution in [0.2, 0.25) is 10.0 Å². The summed E-state index contributed by atoms with van der Waals surface area (Å²) < 4.78 is 25.7. The number of nitrogens with two attached hydrogens (primary N) is 1. The molecule has 2 N–H and O–H groups in total. The molecule has 1 aliphatic rings. The van der Waals surface area contributed by atoms with Crippen molar-refractivity contribution in [3.8, 4) is 22.6 Å². The van der Waals surface area contributed by atoms with Gasteiger partial charge in [0.2, 0.25) is 0 Å². The lowest BCUT2D eigenvalue weighted by atomic mass is 10.1. The average Bonchev–Trinajstić information content (AvgIpc) is 2.83. The second-order valence-electron chi connectivity index (χ2n) is 8.67. The molecule has 2 atom stereocenters. The SMILES string of the molecule is COc1cc(N2CCN(C)C[C@@H]2C)ncc1-c1cnc(N)c(O[C@H](C)c2c(Cl)ccc(F)c2Cl)c1. The van der Waals surface area contributed by atoms with Gasteiger partial charge in [0.15, 0.2) is 11.6 Å². The summed E-state index contributed by atoms with van der Waals surface area (Å²) >= 11 is 12.4. The number of benzene rings is 1. The molecule has 0 spiro atoms. The van der Waals surface area contributed by atoms with Gasteiger partial charge in [-0.15, -0.1) is 0 Å². The summed E-state index contributed by atoms with van der Waals surface area (Å²) in [5.74, 6) is 1.43. The zero-order valence-electron chi connectivity index (χ0n) is 20.1. The summed E-state index contributed by atoms with van der Waals surface area (Å²) in [5, 5.41) is 0.207. The number of hydrogen-bond acceptors (Lipinski definition) is 7. The Morgan fingerprint density at radius 3 is 2.63 bits per heavy atom. The van der Waals surface area contributed by atoms with Crippen molar-refractivity contribution in [1.82, 2.24) is 14.9 Å². The van der Waals surface area contributed by atoms with Crippen LogP contribution in [0.5, 0.6) is 11.5 Å². The van der Waals surface area contributed by atoms with Gasteiger partial charge in [-0.2, -0.15) is 0 Å². The molecular formula is C25H28Cl2FN5O2. The minimum absolute atomic E-state index is 0.0905. The monoisotopic (exact) mass is 519 g/mol. The maximum atomic E-state index is 14.0. The number of rotatable bonds is 6. The summed E-state index contributed by atoms with van der Waals surface area (Å²) in [7, 11) is 3.74. The lowest BCUT2D eigenvalue weighted by Gasteiger charge is -2.39. The fourth-order valence-electron chi connectivity index (χ4n) is 4.31. The van der Waals surface area contributed by atoms with E-state index < -0.39 is 11.9 Å². The molecule has 1 aliphatic heterocycles. The van der Waals surface area contributed by atoms with Gasteiger partial charge >= 0.3 is 0 Å². The number of methoxy groups -OCH3 is 1. The molecule has 0 radical (unpaired) electrons. The number of piperazine rings is 1. The van der Waals surface area contributed by atoms with Crippen LogP contribution in [0, 0.1) is 5.82 Å². The molecule has 1 saturated heterocycles. The highest BCUT2D eigenvalue weighted by molar-refractivity contribution is 6.36. The van der Waals surface area contributed by atoms with Crippen LogP contribution >= 0.6 is 23.2 Å². The third kappa shape index (κ3) is 5.24. The number of halogens is 3. The van der Waals surface area contributed by atoms with Gasteiger partial charge in [-0.1, -0.05) is 23.2 Å². The van der Waals surface area contributed by atoms with E-state index in [-0.39, 0.29) is 10.8 Å². The Morgan fingerprint density at radius 1 is 1.14 bits per heavy atom. The van der Waals surface area contributed by atoms with Crippen molar-refractivity contribution in [2.24, 2.45) is 0 Å². The van der Waals surface area contributed by atoms with Crippen molar-refractivity contribution in [2.75, 3.05) is 44.4 Å². The molecule has 4 rings (SSSR count). The summed E-state index contributed by atoms with van der Waals surface area (Å²) in [6, 6.07) is 6.66. The maximum Gasteiger partial charge on any atom is 0.166 e. The van der Waals surface area contributed by atoms with E-state index in [1.807, 2.05) is 6.07 Å². The molecule has 186 valence electrons. The van der Waals surface area contributed by atoms with Crippen LogP contribution in [-0.4, -0.2) is 54.7 Å². The first kappa shape index (κ1) is 25.3. The van der Waals surface area contributed by atoms with Gasteiger partial charge in [0.25, 0.3) is 0 Å². The number of nitrogens with zero attached hydrogens (tertiary/aromatic N) is 4. The van der Waals surface area contributed by atoms with Gasteiger partial charge in [0.1, 0.15) is 23.5 Å². The van der Waals surface area contributed by atoms with Gasteiger partial charge in [0, 0.05) is 65.8 Å². The van der Waals surface area contributed by atoms with E-state index in [4.69, 9.17) is 43.4 Å². The summed E-state index contributed by atoms with van der Waals surface area (Å²) in [5.41, 5.74) is 7.87. The predicted molar refractivity (Wildman–Crippen MR) is 138 cm³/mol. The highest BCUT2D eigenvalue weighted by Gasteiger charge is 2.24. The van der Waals surface area contributed by atoms with Gasteiger partial charge in [0.05, 0.1) is 12.1 Å². The fourth-order valence-corrected chi connectivity index (χ4v) is 4.99. The predicted octanol–water partition coefficient (Wildman–Crippen LogP) is 5.46. The quantitative estimate of drug-likeness (QED) is 0.433. The van der Waals surface area contributed by atoms with E-state index >= 15 is 0 Å². The molecule has 0 saturated carbocycles. The first-order valence-electron chi connectivity index (χ1n) is 11.2. The Bertz CT molecular complexity index is 1230. The number of anilines is 2. The number of ether oxygens (including phenoxy) is 2. The Kier molecular flexibility index (Phi) is 7.54. The first-order valence-corrected chi connectivity index (χ1v) is 12.0. The van der Waals surface area contributed by atoms with Gasteiger partial charge in [-0.3, -0.25) is 0 Å². The zero-order valence-corrected chi connectivity index (χ0v) is 21.6. The smallest absolute Gasteiger partial charge is 0.166 e. The van der Waals surface area contributed by atoms with Crippen LogP contribution in [0.1, 0.15) is 25.5 Å². The van der Waals surface area contributed by atoms with Crippen LogP contribution in [-0.2, 0) is 0 Å². The average molecular weight is 520 g/mol. The second-order valence-corrected chi connectivity index (χ2v) is 9.46. The molecule has 3 aromatic rings. The van der Waals surface area contributed by atoms with E-state index in [2.05, 4.69) is 28.8 Å². The van der Waals surface area contributed by atoms with E-state index in [1.165, 1.54) is 12.1 Å². The Labute approximate surface area is 214 Å². The molecule has 0 bridgehead atoms. The molecule has 2 aromatic heterocycles. The van der Waals surface area contributed by atoms with Gasteiger partial charge in [-0.25, -0.2) is 14.4 Å². The minimum atomic E-state index is -0.675. The van der Waals surface area contributed by atoms with Crippen LogP contribution in [0.3, 0.4) is 0 Å². The number of nitrogen functional groups attached to an aromatic ring is 1. The standard InChI is InChI=1S/C25H28Cl2FN5O2/c1-14-13-32(3)7-8-33(14)22-10-20(34-4)17(12-30-22)16-9-21(25(29)31-11-16)35-15(2)23-18(26)5-6-19(28)24(23)27/h5-6,9-12,14-15H,7-8,13H2,1-4H3,(H2,29,31)/t14-,15+/m0/s1. The van der Waals surface area contributed by atoms with Crippen LogP contribution in [0.4, 0.5) is 16.0 Å². The molecule has 10 heteroatoms. The molecule has 7 nitrogen and oxygen atoms in total. The Hall–Kier alpha value is -2.81. The Balaban J connectivity index is 1.64. The molecule has 0 aliphatic carbocycles. The number of aromatic nitrogens is 2. The highest BCUT2D eigenvalue weighted by atomic mass is 35.5. The number of pyridine rings is 2. The molecule has 3 heterocycles. The molecule has 0 amide bonds. The van der Waals surface area contributed by atoms with Crippen molar-refractivity contribution in [2.45, 2.75) is 26.0 Å². The maximum absolute atomic E-state index is 14.0. The van der Waals surface area contributed by atoms with Gasteiger partial charge in [-0.05, 0) is 39.1 Å². The van der Waals surface area contributed by atoms with E-state index in [1.54, 1.807) is 32.5 Å². The summed E-state index contributed by atoms with van der Waals surface area (Å²) in [6.07, 6.45) is 2.72. The van der Waals surface area contributed by atoms with Gasteiger partial charge < -0.3 is 25.0 Å². The lowest BCUT2D eigenvalue weighted by Crippen LogP contribution is -2.50. The van der Waals surface area contributed by atoms with Crippen molar-refractivity contribution in [3.05, 3.63) is 58.1 Å². The highest BCUT2D eigenvalue weighted by Crippen LogP contribution is 2.39. The normalized spacial score (nSPS) is 17.3. The van der Waals surface area contributed by atoms with Crippen molar-refractivity contribution < 1.29 is 13.9 Å². The largest absolute Gasteiger partial charge is 0.496 e. The van der Waals surface area contributed by atoms with Crippen LogP contribution < -0.4 is 20.1 Å². The van der Waals surface area contributed by atoms with Crippen molar-refractivity contribution in [3.63, 3.8) is 0 Å². The Morgan fingerprint density at radius 2 is 1.91 bits per heavy atom. The minimum Gasteiger partial charge on any atom is -0.496 e. The summed E-state index contributed by atoms with van der Waals surface area (Å²) in [4.78, 5) is 13.6. The first-order chi connectivity index (χ1) is 16.7. The molecule has 0 unspecified atom stereocenters. The van der Waals surface area contributed by atoms with Crippen molar-refractivity contribution in [1.29, 1.82) is 0 Å². The van der Waals surface area contributed by atoms with Crippen molar-refractivity contribution >= 4 is 34.8 Å². The van der Waals surface area contributed by atoms with E-state index in [0.29, 0.717) is 33.7 Å². The number of hydrogen-bond donors (Lipinski definition) is 1. The second kappa shape index (κ2) is 10.4. The van der Waals surface area contributed by atoms with E-state index in [9.17, 15) is 4.39 Å². The number of likely N-dealkylation sites (N-methyl/N-ethyl adjacent to an activating group) is 1. The van der Waals surface area contributed by atoms with E-state index in [0.717, 1.165) is 31.0 Å². The van der Waals surface area contributed by atoms with Crippen LogP contribution in [0.15, 0.2) is 36.7 Å². The zero-order chi connectivity index (χ0) is 25.3. The third-order valence-electron chi connectivity index (χ3n) is 6.18. The molecule has 1 aromatic carbocycles. The van der Waals surface area contributed by atoms with Crippen LogP contribution in [0.25, 0.3) is 11.1 Å². The topological polar surface area (TPSA) is 76.7 Å². The fraction of sp³-hybridized carbons (Fsp3) is 0.360. The summed E-state index contributed by atoms with van der Waals surface area (Å²) in [6.45, 7) is 6.72. The molecule has 35 heavy (non-hydrogen) atoms. The molecule has 1 fully saturated rings. The third-order valence-corrected chi connectivity index (χ3v) is 6.89.